The lowest BCUT2D eigenvalue weighted by Gasteiger charge is -2.05. The average molecular weight is 291 g/mol. The molecule has 1 heterocycles. The molecule has 1 aromatic heterocycles. The first-order chi connectivity index (χ1) is 10.2. The highest BCUT2D eigenvalue weighted by molar-refractivity contribution is 5.58. The second-order valence-corrected chi connectivity index (χ2v) is 5.23. The van der Waals surface area contributed by atoms with E-state index in [1.165, 1.54) is 37.8 Å². The number of nitrogen functional groups attached to an aromatic ring is 1. The standard InChI is InChI=1S/C15H22FN5/c1-2-3-4-5-6-7-10-21-15(18-19-20-21)12-8-9-14(17)13(16)11-12/h8-9,11H,2-7,10,17H2,1H3. The van der Waals surface area contributed by atoms with Crippen molar-refractivity contribution in [2.45, 2.75) is 52.0 Å². The summed E-state index contributed by atoms with van der Waals surface area (Å²) in [6, 6.07) is 4.65. The number of nitrogens with zero attached hydrogens (tertiary/aromatic N) is 4. The van der Waals surface area contributed by atoms with Crippen LogP contribution in [0, 0.1) is 5.82 Å². The first-order valence-corrected chi connectivity index (χ1v) is 7.54. The van der Waals surface area contributed by atoms with Crippen molar-refractivity contribution in [3.63, 3.8) is 0 Å². The van der Waals surface area contributed by atoms with Crippen molar-refractivity contribution in [3.8, 4) is 11.4 Å². The first kappa shape index (κ1) is 15.4. The molecular weight excluding hydrogens is 269 g/mol. The van der Waals surface area contributed by atoms with Crippen LogP contribution in [0.5, 0.6) is 0 Å². The van der Waals surface area contributed by atoms with Crippen molar-refractivity contribution in [2.24, 2.45) is 0 Å². The largest absolute Gasteiger partial charge is 0.396 e. The molecule has 0 aliphatic rings. The summed E-state index contributed by atoms with van der Waals surface area (Å²) in [7, 11) is 0. The van der Waals surface area contributed by atoms with E-state index in [4.69, 9.17) is 5.73 Å². The number of rotatable bonds is 8. The Labute approximate surface area is 124 Å². The fourth-order valence-electron chi connectivity index (χ4n) is 2.27. The zero-order chi connectivity index (χ0) is 15.1. The monoisotopic (exact) mass is 291 g/mol. The predicted molar refractivity (Wildman–Crippen MR) is 81.0 cm³/mol. The number of unbranched alkanes of at least 4 members (excludes halogenated alkanes) is 5. The molecule has 5 nitrogen and oxygen atoms in total. The normalized spacial score (nSPS) is 11.0. The number of hydrogen-bond acceptors (Lipinski definition) is 4. The van der Waals surface area contributed by atoms with Crippen LogP contribution in [0.15, 0.2) is 18.2 Å². The van der Waals surface area contributed by atoms with Gasteiger partial charge >= 0.3 is 0 Å². The quantitative estimate of drug-likeness (QED) is 0.597. The van der Waals surface area contributed by atoms with Crippen molar-refractivity contribution in [1.29, 1.82) is 0 Å². The van der Waals surface area contributed by atoms with Gasteiger partial charge in [-0.1, -0.05) is 39.0 Å². The number of anilines is 1. The smallest absolute Gasteiger partial charge is 0.182 e. The first-order valence-electron chi connectivity index (χ1n) is 7.54. The maximum atomic E-state index is 13.5. The van der Waals surface area contributed by atoms with Gasteiger partial charge in [0, 0.05) is 12.1 Å². The Morgan fingerprint density at radius 2 is 1.90 bits per heavy atom. The minimum absolute atomic E-state index is 0.133. The van der Waals surface area contributed by atoms with E-state index < -0.39 is 5.82 Å². The SMILES string of the molecule is CCCCCCCCn1nnnc1-c1ccc(N)c(F)c1. The van der Waals surface area contributed by atoms with Crippen LogP contribution in [0.2, 0.25) is 0 Å². The summed E-state index contributed by atoms with van der Waals surface area (Å²) in [5, 5.41) is 11.6. The number of hydrogen-bond donors (Lipinski definition) is 1. The minimum Gasteiger partial charge on any atom is -0.396 e. The lowest BCUT2D eigenvalue weighted by atomic mass is 10.1. The summed E-state index contributed by atoms with van der Waals surface area (Å²) >= 11 is 0. The van der Waals surface area contributed by atoms with Crippen LogP contribution in [0.1, 0.15) is 45.4 Å². The van der Waals surface area contributed by atoms with E-state index >= 15 is 0 Å². The molecule has 0 spiro atoms. The van der Waals surface area contributed by atoms with E-state index in [1.54, 1.807) is 10.7 Å². The molecule has 21 heavy (non-hydrogen) atoms. The van der Waals surface area contributed by atoms with E-state index in [2.05, 4.69) is 22.4 Å². The molecule has 2 N–H and O–H groups in total. The van der Waals surface area contributed by atoms with Crippen molar-refractivity contribution in [2.75, 3.05) is 5.73 Å². The molecule has 0 bridgehead atoms. The number of benzene rings is 1. The molecule has 0 radical (unpaired) electrons. The molecule has 0 aliphatic carbocycles. The van der Waals surface area contributed by atoms with Crippen molar-refractivity contribution < 1.29 is 4.39 Å². The molecule has 114 valence electrons. The van der Waals surface area contributed by atoms with Crippen LogP contribution in [-0.2, 0) is 6.54 Å². The van der Waals surface area contributed by atoms with Crippen LogP contribution >= 0.6 is 0 Å². The van der Waals surface area contributed by atoms with Crippen molar-refractivity contribution >= 4 is 5.69 Å². The number of tetrazole rings is 1. The van der Waals surface area contributed by atoms with Gasteiger partial charge < -0.3 is 5.73 Å². The highest BCUT2D eigenvalue weighted by atomic mass is 19.1. The van der Waals surface area contributed by atoms with Gasteiger partial charge in [-0.3, -0.25) is 0 Å². The summed E-state index contributed by atoms with van der Waals surface area (Å²) in [4.78, 5) is 0. The summed E-state index contributed by atoms with van der Waals surface area (Å²) in [6.45, 7) is 2.96. The van der Waals surface area contributed by atoms with Gasteiger partial charge in [-0.15, -0.1) is 5.10 Å². The molecule has 0 unspecified atom stereocenters. The third-order valence-corrected chi connectivity index (χ3v) is 3.51. The van der Waals surface area contributed by atoms with Gasteiger partial charge in [0.15, 0.2) is 5.82 Å². The Hall–Kier alpha value is -1.98. The van der Waals surface area contributed by atoms with Crippen LogP contribution in [-0.4, -0.2) is 20.2 Å². The minimum atomic E-state index is -0.443. The molecule has 0 saturated carbocycles. The summed E-state index contributed by atoms with van der Waals surface area (Å²) in [5.41, 5.74) is 6.27. The summed E-state index contributed by atoms with van der Waals surface area (Å²) in [6.07, 6.45) is 7.25. The molecular formula is C15H22FN5. The molecule has 2 rings (SSSR count). The van der Waals surface area contributed by atoms with E-state index in [9.17, 15) is 4.39 Å². The third kappa shape index (κ3) is 4.24. The van der Waals surface area contributed by atoms with E-state index in [-0.39, 0.29) is 5.69 Å². The predicted octanol–water partition coefficient (Wildman–Crippen LogP) is 3.42. The third-order valence-electron chi connectivity index (χ3n) is 3.51. The Morgan fingerprint density at radius 1 is 1.14 bits per heavy atom. The van der Waals surface area contributed by atoms with Crippen molar-refractivity contribution in [3.05, 3.63) is 24.0 Å². The highest BCUT2D eigenvalue weighted by Gasteiger charge is 2.10. The molecule has 0 amide bonds. The highest BCUT2D eigenvalue weighted by Crippen LogP contribution is 2.20. The molecule has 0 aliphatic heterocycles. The number of halogens is 1. The second-order valence-electron chi connectivity index (χ2n) is 5.23. The second kappa shape index (κ2) is 7.71. The Balaban J connectivity index is 1.93. The van der Waals surface area contributed by atoms with Crippen LogP contribution < -0.4 is 5.73 Å². The Morgan fingerprint density at radius 3 is 2.67 bits per heavy atom. The summed E-state index contributed by atoms with van der Waals surface area (Å²) < 4.78 is 15.3. The number of aryl methyl sites for hydroxylation is 1. The Bertz CT molecular complexity index is 567. The maximum absolute atomic E-state index is 13.5. The van der Waals surface area contributed by atoms with Crippen molar-refractivity contribution in [1.82, 2.24) is 20.2 Å². The lowest BCUT2D eigenvalue weighted by molar-refractivity contribution is 0.519. The fraction of sp³-hybridized carbons (Fsp3) is 0.533. The molecule has 1 aromatic carbocycles. The van der Waals surface area contributed by atoms with E-state index in [0.29, 0.717) is 11.4 Å². The van der Waals surface area contributed by atoms with Gasteiger partial charge in [-0.05, 0) is 35.0 Å². The van der Waals surface area contributed by atoms with Crippen LogP contribution in [0.3, 0.4) is 0 Å². The van der Waals surface area contributed by atoms with E-state index in [1.807, 2.05) is 0 Å². The molecule has 6 heteroatoms. The molecule has 0 fully saturated rings. The van der Waals surface area contributed by atoms with Gasteiger partial charge in [0.2, 0.25) is 0 Å². The Kier molecular flexibility index (Phi) is 5.66. The zero-order valence-corrected chi connectivity index (χ0v) is 12.4. The zero-order valence-electron chi connectivity index (χ0n) is 12.4. The van der Waals surface area contributed by atoms with Gasteiger partial charge in [0.05, 0.1) is 5.69 Å². The van der Waals surface area contributed by atoms with Crippen LogP contribution in [0.4, 0.5) is 10.1 Å². The average Bonchev–Trinajstić information content (AvgIpc) is 2.94. The van der Waals surface area contributed by atoms with E-state index in [0.717, 1.165) is 19.4 Å². The number of nitrogens with two attached hydrogens (primary N) is 1. The lowest BCUT2D eigenvalue weighted by Crippen LogP contribution is -2.03. The van der Waals surface area contributed by atoms with Gasteiger partial charge in [0.25, 0.3) is 0 Å². The number of aromatic nitrogens is 4. The molecule has 0 atom stereocenters. The van der Waals surface area contributed by atoms with Gasteiger partial charge in [-0.25, -0.2) is 9.07 Å². The topological polar surface area (TPSA) is 69.6 Å². The van der Waals surface area contributed by atoms with Gasteiger partial charge in [-0.2, -0.15) is 0 Å². The summed E-state index contributed by atoms with van der Waals surface area (Å²) in [5.74, 6) is 0.143. The molecule has 2 aromatic rings. The van der Waals surface area contributed by atoms with Gasteiger partial charge in [0.1, 0.15) is 5.82 Å². The molecule has 0 saturated heterocycles. The van der Waals surface area contributed by atoms with Crippen LogP contribution in [0.25, 0.3) is 11.4 Å². The maximum Gasteiger partial charge on any atom is 0.182 e. The fourth-order valence-corrected chi connectivity index (χ4v) is 2.27.